The van der Waals surface area contributed by atoms with Gasteiger partial charge in [0, 0.05) is 11.8 Å². The number of aliphatic hydroxyl groups excluding tert-OH is 2. The highest BCUT2D eigenvalue weighted by Gasteiger charge is 2.52. The van der Waals surface area contributed by atoms with Crippen LogP contribution < -0.4 is 5.73 Å². The first-order valence-corrected chi connectivity index (χ1v) is 6.22. The Morgan fingerprint density at radius 1 is 1.63 bits per heavy atom. The Bertz CT molecular complexity index is 545. The fourth-order valence-electron chi connectivity index (χ4n) is 2.14. The highest BCUT2D eigenvalue weighted by Crippen LogP contribution is 2.38. The molecule has 5 N–H and O–H groups in total. The first kappa shape index (κ1) is 14.4. The number of ether oxygens (including phenoxy) is 1. The van der Waals surface area contributed by atoms with E-state index in [1.807, 2.05) is 0 Å². The van der Waals surface area contributed by atoms with Crippen molar-refractivity contribution < 1.29 is 20.1 Å². The van der Waals surface area contributed by atoms with Crippen LogP contribution >= 0.6 is 12.2 Å². The highest BCUT2D eigenvalue weighted by molar-refractivity contribution is 7.71. The summed E-state index contributed by atoms with van der Waals surface area (Å²) in [6.45, 7) is 2.77. The molecule has 1 aliphatic rings. The minimum atomic E-state index is -1.59. The lowest BCUT2D eigenvalue weighted by Gasteiger charge is -2.28. The SMILES string of the molecule is Cc1cn([C@@H]2O[C@H](CO)C(O)C2(C)O)c(=S)nc1N. The normalized spacial score (nSPS) is 34.7. The monoisotopic (exact) mass is 287 g/mol. The third-order valence-electron chi connectivity index (χ3n) is 3.36. The van der Waals surface area contributed by atoms with Crippen LogP contribution in [0.2, 0.25) is 0 Å². The van der Waals surface area contributed by atoms with Gasteiger partial charge in [-0.1, -0.05) is 0 Å². The summed E-state index contributed by atoms with van der Waals surface area (Å²) in [6.07, 6.45) is -1.42. The lowest BCUT2D eigenvalue weighted by atomic mass is 9.96. The first-order valence-electron chi connectivity index (χ1n) is 5.81. The minimum absolute atomic E-state index is 0.138. The van der Waals surface area contributed by atoms with Gasteiger partial charge < -0.3 is 25.8 Å². The number of aryl methyl sites for hydroxylation is 1. The van der Waals surface area contributed by atoms with Gasteiger partial charge in [0.25, 0.3) is 0 Å². The van der Waals surface area contributed by atoms with Crippen LogP contribution in [0.15, 0.2) is 6.20 Å². The third-order valence-corrected chi connectivity index (χ3v) is 3.66. The van der Waals surface area contributed by atoms with Crippen LogP contribution in [0.3, 0.4) is 0 Å². The molecule has 19 heavy (non-hydrogen) atoms. The molecule has 0 radical (unpaired) electrons. The summed E-state index contributed by atoms with van der Waals surface area (Å²) in [6, 6.07) is 0. The van der Waals surface area contributed by atoms with Crippen LogP contribution in [0.5, 0.6) is 0 Å². The van der Waals surface area contributed by atoms with Gasteiger partial charge in [0.1, 0.15) is 23.6 Å². The maximum atomic E-state index is 10.4. The standard InChI is InChI=1S/C11H17N3O4S/c1-5-3-14(10(19)13-8(5)12)9-11(2,17)7(16)6(4-15)18-9/h3,6-7,9,15-17H,4H2,1-2H3,(H2,12,13,19)/t6-,7?,9-,11?/m1/s1. The lowest BCUT2D eigenvalue weighted by molar-refractivity contribution is -0.0979. The minimum Gasteiger partial charge on any atom is -0.394 e. The fourth-order valence-corrected chi connectivity index (χ4v) is 2.38. The Hall–Kier alpha value is -1.06. The van der Waals surface area contributed by atoms with E-state index in [0.29, 0.717) is 11.4 Å². The third kappa shape index (κ3) is 2.26. The van der Waals surface area contributed by atoms with E-state index in [2.05, 4.69) is 4.98 Å². The summed E-state index contributed by atoms with van der Waals surface area (Å²) in [5, 5.41) is 29.4. The van der Waals surface area contributed by atoms with Crippen LogP contribution in [-0.2, 0) is 4.74 Å². The second-order valence-corrected chi connectivity index (χ2v) is 5.24. The Morgan fingerprint density at radius 3 is 2.79 bits per heavy atom. The number of nitrogens with two attached hydrogens (primary N) is 1. The quantitative estimate of drug-likeness (QED) is 0.542. The van der Waals surface area contributed by atoms with Gasteiger partial charge in [0.15, 0.2) is 6.23 Å². The van der Waals surface area contributed by atoms with Crippen LogP contribution in [0.4, 0.5) is 5.82 Å². The number of anilines is 1. The number of hydrogen-bond donors (Lipinski definition) is 4. The Balaban J connectivity index is 2.48. The zero-order chi connectivity index (χ0) is 14.4. The molecule has 0 amide bonds. The van der Waals surface area contributed by atoms with Gasteiger partial charge in [-0.25, -0.2) is 4.98 Å². The molecule has 2 heterocycles. The van der Waals surface area contributed by atoms with Crippen LogP contribution in [0.1, 0.15) is 18.7 Å². The maximum absolute atomic E-state index is 10.4. The summed E-state index contributed by atoms with van der Waals surface area (Å²) in [4.78, 5) is 3.98. The molecular formula is C11H17N3O4S. The summed E-state index contributed by atoms with van der Waals surface area (Å²) in [5.41, 5.74) is 4.74. The number of hydrogen-bond acceptors (Lipinski definition) is 7. The van der Waals surface area contributed by atoms with E-state index in [1.165, 1.54) is 11.5 Å². The number of aliphatic hydroxyl groups is 3. The Labute approximate surface area is 115 Å². The molecule has 0 aromatic carbocycles. The zero-order valence-corrected chi connectivity index (χ0v) is 11.5. The molecule has 1 aromatic heterocycles. The van der Waals surface area contributed by atoms with Crippen molar-refractivity contribution in [3.8, 4) is 0 Å². The molecule has 0 saturated carbocycles. The first-order chi connectivity index (χ1) is 8.78. The van der Waals surface area contributed by atoms with E-state index in [-0.39, 0.29) is 4.77 Å². The molecular weight excluding hydrogens is 270 g/mol. The van der Waals surface area contributed by atoms with Gasteiger partial charge in [-0.05, 0) is 26.1 Å². The molecule has 1 aliphatic heterocycles. The van der Waals surface area contributed by atoms with Crippen molar-refractivity contribution in [3.05, 3.63) is 16.5 Å². The number of rotatable bonds is 2. The summed E-state index contributed by atoms with van der Waals surface area (Å²) in [5.74, 6) is 0.304. The predicted molar refractivity (Wildman–Crippen MR) is 69.8 cm³/mol. The average Bonchev–Trinajstić information content (AvgIpc) is 2.56. The fraction of sp³-hybridized carbons (Fsp3) is 0.636. The highest BCUT2D eigenvalue weighted by atomic mass is 32.1. The molecule has 2 unspecified atom stereocenters. The second kappa shape index (κ2) is 4.80. The zero-order valence-electron chi connectivity index (χ0n) is 10.6. The molecule has 0 aliphatic carbocycles. The van der Waals surface area contributed by atoms with Crippen LogP contribution in [0.25, 0.3) is 0 Å². The molecule has 0 spiro atoms. The van der Waals surface area contributed by atoms with Crippen molar-refractivity contribution in [3.63, 3.8) is 0 Å². The summed E-state index contributed by atoms with van der Waals surface area (Å²) < 4.78 is 7.03. The van der Waals surface area contributed by atoms with Gasteiger partial charge in [-0.15, -0.1) is 0 Å². The van der Waals surface area contributed by atoms with E-state index in [9.17, 15) is 10.2 Å². The van der Waals surface area contributed by atoms with Crippen molar-refractivity contribution in [1.29, 1.82) is 0 Å². The van der Waals surface area contributed by atoms with Crippen LogP contribution in [-0.4, -0.2) is 49.3 Å². The molecule has 0 bridgehead atoms. The van der Waals surface area contributed by atoms with Gasteiger partial charge in [0.05, 0.1) is 6.61 Å². The molecule has 106 valence electrons. The predicted octanol–water partition coefficient (Wildman–Crippen LogP) is -0.495. The smallest absolute Gasteiger partial charge is 0.203 e. The van der Waals surface area contributed by atoms with E-state index in [0.717, 1.165) is 0 Å². The van der Waals surface area contributed by atoms with Crippen molar-refractivity contribution >= 4 is 18.0 Å². The van der Waals surface area contributed by atoms with E-state index in [1.54, 1.807) is 13.1 Å². The Morgan fingerprint density at radius 2 is 2.26 bits per heavy atom. The number of nitrogens with zero attached hydrogens (tertiary/aromatic N) is 2. The average molecular weight is 287 g/mol. The largest absolute Gasteiger partial charge is 0.394 e. The second-order valence-electron chi connectivity index (χ2n) is 4.88. The lowest BCUT2D eigenvalue weighted by Crippen LogP contribution is -2.44. The number of nitrogen functional groups attached to an aromatic ring is 1. The summed E-state index contributed by atoms with van der Waals surface area (Å²) in [7, 11) is 0. The number of aromatic nitrogens is 2. The van der Waals surface area contributed by atoms with Crippen LogP contribution in [0, 0.1) is 11.7 Å². The molecule has 4 atom stereocenters. The van der Waals surface area contributed by atoms with Gasteiger partial charge in [-0.2, -0.15) is 0 Å². The molecule has 1 fully saturated rings. The van der Waals surface area contributed by atoms with E-state index in [4.69, 9.17) is 27.8 Å². The maximum Gasteiger partial charge on any atom is 0.203 e. The molecule has 1 aromatic rings. The van der Waals surface area contributed by atoms with Gasteiger partial charge >= 0.3 is 0 Å². The van der Waals surface area contributed by atoms with Gasteiger partial charge in [0.2, 0.25) is 4.77 Å². The van der Waals surface area contributed by atoms with Crippen molar-refractivity contribution in [2.24, 2.45) is 0 Å². The van der Waals surface area contributed by atoms with Crippen molar-refractivity contribution in [2.75, 3.05) is 12.3 Å². The molecule has 7 nitrogen and oxygen atoms in total. The Kier molecular flexibility index (Phi) is 3.63. The molecule has 2 rings (SSSR count). The van der Waals surface area contributed by atoms with E-state index < -0.39 is 30.6 Å². The van der Waals surface area contributed by atoms with Crippen molar-refractivity contribution in [2.45, 2.75) is 37.9 Å². The topological polar surface area (TPSA) is 114 Å². The van der Waals surface area contributed by atoms with Gasteiger partial charge in [-0.3, -0.25) is 4.57 Å². The van der Waals surface area contributed by atoms with Crippen molar-refractivity contribution in [1.82, 2.24) is 9.55 Å². The summed E-state index contributed by atoms with van der Waals surface area (Å²) >= 11 is 5.09. The molecule has 1 saturated heterocycles. The van der Waals surface area contributed by atoms with E-state index >= 15 is 0 Å². The molecule has 8 heteroatoms.